The van der Waals surface area contributed by atoms with E-state index in [-0.39, 0.29) is 22.8 Å². The number of rotatable bonds is 9. The molecule has 4 aromatic rings. The van der Waals surface area contributed by atoms with Crippen LogP contribution in [-0.4, -0.2) is 57.2 Å². The molecule has 1 fully saturated rings. The van der Waals surface area contributed by atoms with Crippen LogP contribution in [-0.2, 0) is 4.79 Å². The van der Waals surface area contributed by atoms with Gasteiger partial charge >= 0.3 is 0 Å². The number of halogens is 1. The van der Waals surface area contributed by atoms with Crippen molar-refractivity contribution in [1.29, 1.82) is 0 Å². The molecule has 40 heavy (non-hydrogen) atoms. The molecular formula is C29H28FN5O4S. The lowest BCUT2D eigenvalue weighted by molar-refractivity contribution is -0.384. The summed E-state index contributed by atoms with van der Waals surface area (Å²) in [6.45, 7) is 2.53. The molecule has 1 amide bonds. The third kappa shape index (κ3) is 5.99. The van der Waals surface area contributed by atoms with Gasteiger partial charge in [-0.25, -0.2) is 9.37 Å². The average molecular weight is 562 g/mol. The number of piperazine rings is 1. The maximum Gasteiger partial charge on any atom is 0.269 e. The summed E-state index contributed by atoms with van der Waals surface area (Å²) in [5, 5.41) is 11.7. The Balaban J connectivity index is 1.14. The lowest BCUT2D eigenvalue weighted by Gasteiger charge is -2.36. The van der Waals surface area contributed by atoms with E-state index in [0.717, 1.165) is 12.1 Å². The monoisotopic (exact) mass is 561 g/mol. The predicted molar refractivity (Wildman–Crippen MR) is 154 cm³/mol. The van der Waals surface area contributed by atoms with Gasteiger partial charge in [0.15, 0.2) is 5.16 Å². The third-order valence-electron chi connectivity index (χ3n) is 6.91. The second kappa shape index (κ2) is 12.3. The molecule has 0 aliphatic carbocycles. The van der Waals surface area contributed by atoms with E-state index >= 15 is 0 Å². The maximum atomic E-state index is 14.6. The first kappa shape index (κ1) is 27.3. The van der Waals surface area contributed by atoms with E-state index in [4.69, 9.17) is 0 Å². The van der Waals surface area contributed by atoms with Crippen molar-refractivity contribution in [2.45, 2.75) is 24.4 Å². The molecule has 0 radical (unpaired) electrons. The van der Waals surface area contributed by atoms with E-state index in [2.05, 4.69) is 9.88 Å². The largest absolute Gasteiger partial charge is 0.368 e. The van der Waals surface area contributed by atoms with Crippen LogP contribution in [0.1, 0.15) is 19.3 Å². The van der Waals surface area contributed by atoms with Gasteiger partial charge in [-0.2, -0.15) is 0 Å². The number of nitrogens with zero attached hydrogens (tertiary/aromatic N) is 5. The standard InChI is InChI=1S/C29H28FN5O4S/c30-24-8-2-4-10-26(24)34-28(37)23-7-1-3-9-25(23)31-29(34)40-20-6-5-11-27(36)33-18-16-32(17-19-33)21-12-14-22(15-13-21)35(38)39/h1-4,7-10,12-15H,5-6,11,16-20H2. The van der Waals surface area contributed by atoms with Gasteiger partial charge in [0.25, 0.3) is 11.2 Å². The van der Waals surface area contributed by atoms with Crippen LogP contribution in [0.5, 0.6) is 0 Å². The van der Waals surface area contributed by atoms with Crippen molar-refractivity contribution in [2.75, 3.05) is 36.8 Å². The summed E-state index contributed by atoms with van der Waals surface area (Å²) in [7, 11) is 0. The Kier molecular flexibility index (Phi) is 8.40. The number of para-hydroxylation sites is 2. The number of benzene rings is 3. The Morgan fingerprint density at radius 2 is 1.65 bits per heavy atom. The molecule has 0 bridgehead atoms. The summed E-state index contributed by atoms with van der Waals surface area (Å²) in [6, 6.07) is 19.7. The zero-order chi connectivity index (χ0) is 28.1. The molecule has 1 aliphatic heterocycles. The number of nitro groups is 1. The van der Waals surface area contributed by atoms with Crippen LogP contribution in [0, 0.1) is 15.9 Å². The van der Waals surface area contributed by atoms with Crippen LogP contribution < -0.4 is 10.5 Å². The van der Waals surface area contributed by atoms with Crippen molar-refractivity contribution in [2.24, 2.45) is 0 Å². The number of non-ortho nitro benzene ring substituents is 1. The number of nitro benzene ring substituents is 1. The first-order valence-electron chi connectivity index (χ1n) is 13.1. The first-order valence-corrected chi connectivity index (χ1v) is 14.1. The second-order valence-corrected chi connectivity index (χ2v) is 10.5. The molecule has 0 spiro atoms. The van der Waals surface area contributed by atoms with Gasteiger partial charge in [0.05, 0.1) is 21.5 Å². The van der Waals surface area contributed by atoms with E-state index < -0.39 is 10.7 Å². The zero-order valence-corrected chi connectivity index (χ0v) is 22.6. The smallest absolute Gasteiger partial charge is 0.269 e. The molecule has 0 unspecified atom stereocenters. The van der Waals surface area contributed by atoms with Gasteiger partial charge in [0.2, 0.25) is 5.91 Å². The molecule has 9 nitrogen and oxygen atoms in total. The molecule has 11 heteroatoms. The maximum absolute atomic E-state index is 14.6. The molecule has 2 heterocycles. The molecule has 0 saturated carbocycles. The number of fused-ring (bicyclic) bond motifs is 1. The number of hydrogen-bond donors (Lipinski definition) is 0. The molecule has 1 aliphatic rings. The Labute approximate surface area is 234 Å². The van der Waals surface area contributed by atoms with Crippen LogP contribution in [0.25, 0.3) is 16.6 Å². The zero-order valence-electron chi connectivity index (χ0n) is 21.7. The van der Waals surface area contributed by atoms with Crippen molar-refractivity contribution >= 4 is 39.9 Å². The minimum atomic E-state index is -0.497. The Morgan fingerprint density at radius 1 is 0.950 bits per heavy atom. The third-order valence-corrected chi connectivity index (χ3v) is 7.94. The van der Waals surface area contributed by atoms with Crippen molar-refractivity contribution < 1.29 is 14.1 Å². The minimum absolute atomic E-state index is 0.0580. The van der Waals surface area contributed by atoms with Crippen molar-refractivity contribution in [3.8, 4) is 5.69 Å². The molecule has 5 rings (SSSR count). The summed E-state index contributed by atoms with van der Waals surface area (Å²) in [5.41, 5.74) is 1.37. The number of carbonyl (C=O) groups excluding carboxylic acids is 1. The second-order valence-electron chi connectivity index (χ2n) is 9.45. The molecule has 206 valence electrons. The Morgan fingerprint density at radius 3 is 2.38 bits per heavy atom. The molecule has 0 N–H and O–H groups in total. The number of unbranched alkanes of at least 4 members (excludes halogenated alkanes) is 1. The van der Waals surface area contributed by atoms with E-state index in [1.54, 1.807) is 48.5 Å². The lowest BCUT2D eigenvalue weighted by atomic mass is 10.2. The van der Waals surface area contributed by atoms with Crippen LogP contribution in [0.3, 0.4) is 0 Å². The molecular weight excluding hydrogens is 533 g/mol. The summed E-state index contributed by atoms with van der Waals surface area (Å²) < 4.78 is 16.0. The molecule has 1 saturated heterocycles. The SMILES string of the molecule is O=C(CCCCSc1nc2ccccc2c(=O)n1-c1ccccc1F)N1CCN(c2ccc([N+](=O)[O-])cc2)CC1. The topological polar surface area (TPSA) is 102 Å². The fourth-order valence-corrected chi connectivity index (χ4v) is 5.76. The highest BCUT2D eigenvalue weighted by molar-refractivity contribution is 7.99. The van der Waals surface area contributed by atoms with Crippen molar-refractivity contribution in [1.82, 2.24) is 14.5 Å². The van der Waals surface area contributed by atoms with Gasteiger partial charge in [0, 0.05) is 56.2 Å². The fraction of sp³-hybridized carbons (Fsp3) is 0.276. The highest BCUT2D eigenvalue weighted by atomic mass is 32.2. The molecule has 1 aromatic heterocycles. The van der Waals surface area contributed by atoms with E-state index in [1.807, 2.05) is 11.0 Å². The number of hydrogen-bond acceptors (Lipinski definition) is 7. The van der Waals surface area contributed by atoms with E-state index in [1.165, 1.54) is 34.5 Å². The number of thioether (sulfide) groups is 1. The van der Waals surface area contributed by atoms with Gasteiger partial charge < -0.3 is 9.80 Å². The number of amides is 1. The summed E-state index contributed by atoms with van der Waals surface area (Å²) in [6.07, 6.45) is 1.84. The van der Waals surface area contributed by atoms with Crippen LogP contribution in [0.15, 0.2) is 82.7 Å². The van der Waals surface area contributed by atoms with Gasteiger partial charge in [-0.05, 0) is 49.2 Å². The normalized spacial score (nSPS) is 13.5. The van der Waals surface area contributed by atoms with Crippen LogP contribution >= 0.6 is 11.8 Å². The summed E-state index contributed by atoms with van der Waals surface area (Å²) in [4.78, 5) is 45.1. The van der Waals surface area contributed by atoms with Crippen molar-refractivity contribution in [3.63, 3.8) is 0 Å². The minimum Gasteiger partial charge on any atom is -0.368 e. The number of carbonyl (C=O) groups is 1. The van der Waals surface area contributed by atoms with Gasteiger partial charge in [-0.1, -0.05) is 36.0 Å². The van der Waals surface area contributed by atoms with Gasteiger partial charge in [-0.15, -0.1) is 0 Å². The Bertz CT molecular complexity index is 1590. The highest BCUT2D eigenvalue weighted by Crippen LogP contribution is 2.24. The van der Waals surface area contributed by atoms with Gasteiger partial charge in [-0.3, -0.25) is 24.3 Å². The summed E-state index contributed by atoms with van der Waals surface area (Å²) >= 11 is 1.38. The Hall–Kier alpha value is -4.25. The fourth-order valence-electron chi connectivity index (χ4n) is 4.75. The van der Waals surface area contributed by atoms with Crippen molar-refractivity contribution in [3.05, 3.63) is 99.1 Å². The first-order chi connectivity index (χ1) is 19.4. The van der Waals surface area contributed by atoms with Crippen LogP contribution in [0.2, 0.25) is 0 Å². The van der Waals surface area contributed by atoms with Gasteiger partial charge in [0.1, 0.15) is 5.82 Å². The average Bonchev–Trinajstić information content (AvgIpc) is 2.98. The predicted octanol–water partition coefficient (Wildman–Crippen LogP) is 5.04. The number of anilines is 1. The highest BCUT2D eigenvalue weighted by Gasteiger charge is 2.22. The molecule has 3 aromatic carbocycles. The summed E-state index contributed by atoms with van der Waals surface area (Å²) in [5.74, 6) is 0.226. The lowest BCUT2D eigenvalue weighted by Crippen LogP contribution is -2.48. The quantitative estimate of drug-likeness (QED) is 0.0927. The van der Waals surface area contributed by atoms with E-state index in [0.29, 0.717) is 60.8 Å². The van der Waals surface area contributed by atoms with Crippen LogP contribution in [0.4, 0.5) is 15.8 Å². The number of aromatic nitrogens is 2. The molecule has 0 atom stereocenters. The van der Waals surface area contributed by atoms with E-state index in [9.17, 15) is 24.1 Å².